The summed E-state index contributed by atoms with van der Waals surface area (Å²) >= 11 is 0. The standard InChI is InChI=1S/C16H20N2O3/c1-10(2)16-17-15(18-21-16)9-20-12-7-6-11-4-3-5-14(19)13(11)8-12/h6-8,10,14,19H,3-5,9H2,1-2H3/t14-/m1/s1. The van der Waals surface area contributed by atoms with E-state index in [-0.39, 0.29) is 18.6 Å². The van der Waals surface area contributed by atoms with E-state index < -0.39 is 0 Å². The average Bonchev–Trinajstić information content (AvgIpc) is 2.95. The maximum atomic E-state index is 10.0. The molecule has 1 N–H and O–H groups in total. The fraction of sp³-hybridized carbons (Fsp3) is 0.500. The minimum atomic E-state index is -0.380. The van der Waals surface area contributed by atoms with Crippen LogP contribution >= 0.6 is 0 Å². The summed E-state index contributed by atoms with van der Waals surface area (Å²) in [5, 5.41) is 13.9. The number of hydrogen-bond acceptors (Lipinski definition) is 5. The summed E-state index contributed by atoms with van der Waals surface area (Å²) in [5.41, 5.74) is 2.19. The van der Waals surface area contributed by atoms with Crippen molar-refractivity contribution < 1.29 is 14.4 Å². The maximum Gasteiger partial charge on any atom is 0.229 e. The van der Waals surface area contributed by atoms with Gasteiger partial charge in [0.1, 0.15) is 5.75 Å². The number of benzene rings is 1. The van der Waals surface area contributed by atoms with Crippen LogP contribution in [0.3, 0.4) is 0 Å². The SMILES string of the molecule is CC(C)c1nc(COc2ccc3c(c2)[C@H](O)CCC3)no1. The number of ether oxygens (including phenoxy) is 1. The van der Waals surface area contributed by atoms with Crippen molar-refractivity contribution in [2.75, 3.05) is 0 Å². The van der Waals surface area contributed by atoms with E-state index in [0.29, 0.717) is 11.7 Å². The third kappa shape index (κ3) is 3.08. The Morgan fingerprint density at radius 3 is 3.05 bits per heavy atom. The predicted octanol–water partition coefficient (Wildman–Crippen LogP) is 3.14. The second-order valence-electron chi connectivity index (χ2n) is 5.76. The van der Waals surface area contributed by atoms with E-state index in [9.17, 15) is 5.11 Å². The van der Waals surface area contributed by atoms with E-state index in [2.05, 4.69) is 10.1 Å². The number of nitrogens with zero attached hydrogens (tertiary/aromatic N) is 2. The lowest BCUT2D eigenvalue weighted by Crippen LogP contribution is -2.09. The van der Waals surface area contributed by atoms with E-state index in [1.54, 1.807) is 0 Å². The molecule has 112 valence electrons. The molecule has 5 heteroatoms. The van der Waals surface area contributed by atoms with Gasteiger partial charge in [-0.25, -0.2) is 0 Å². The molecule has 0 aliphatic heterocycles. The van der Waals surface area contributed by atoms with Crippen LogP contribution in [0.1, 0.15) is 61.6 Å². The van der Waals surface area contributed by atoms with Gasteiger partial charge in [-0.1, -0.05) is 25.1 Å². The molecule has 0 saturated carbocycles. The molecule has 0 spiro atoms. The van der Waals surface area contributed by atoms with E-state index in [1.165, 1.54) is 5.56 Å². The third-order valence-corrected chi connectivity index (χ3v) is 3.75. The lowest BCUT2D eigenvalue weighted by atomic mass is 9.89. The summed E-state index contributed by atoms with van der Waals surface area (Å²) in [7, 11) is 0. The Kier molecular flexibility index (Phi) is 3.92. The first-order chi connectivity index (χ1) is 10.1. The average molecular weight is 288 g/mol. The molecule has 1 aromatic heterocycles. The highest BCUT2D eigenvalue weighted by Gasteiger charge is 2.18. The predicted molar refractivity (Wildman–Crippen MR) is 77.1 cm³/mol. The zero-order chi connectivity index (χ0) is 14.8. The number of rotatable bonds is 4. The van der Waals surface area contributed by atoms with Crippen molar-refractivity contribution in [3.8, 4) is 5.75 Å². The van der Waals surface area contributed by atoms with Crippen molar-refractivity contribution in [1.29, 1.82) is 0 Å². The van der Waals surface area contributed by atoms with Gasteiger partial charge in [-0.3, -0.25) is 0 Å². The second-order valence-corrected chi connectivity index (χ2v) is 5.76. The van der Waals surface area contributed by atoms with Gasteiger partial charge in [0.15, 0.2) is 6.61 Å². The van der Waals surface area contributed by atoms with Crippen LogP contribution in [0.25, 0.3) is 0 Å². The summed E-state index contributed by atoms with van der Waals surface area (Å²) in [6.45, 7) is 4.27. The Morgan fingerprint density at radius 1 is 1.43 bits per heavy atom. The largest absolute Gasteiger partial charge is 0.485 e. The summed E-state index contributed by atoms with van der Waals surface area (Å²) < 4.78 is 10.8. The summed E-state index contributed by atoms with van der Waals surface area (Å²) in [6.07, 6.45) is 2.50. The molecule has 1 aromatic carbocycles. The molecule has 0 saturated heterocycles. The monoisotopic (exact) mass is 288 g/mol. The molecule has 0 bridgehead atoms. The first kappa shape index (κ1) is 14.1. The maximum absolute atomic E-state index is 10.0. The minimum absolute atomic E-state index is 0.213. The van der Waals surface area contributed by atoms with Crippen molar-refractivity contribution in [1.82, 2.24) is 10.1 Å². The van der Waals surface area contributed by atoms with Gasteiger partial charge in [0.2, 0.25) is 11.7 Å². The highest BCUT2D eigenvalue weighted by atomic mass is 16.5. The van der Waals surface area contributed by atoms with Crippen molar-refractivity contribution in [3.63, 3.8) is 0 Å². The van der Waals surface area contributed by atoms with E-state index in [1.807, 2.05) is 32.0 Å². The summed E-state index contributed by atoms with van der Waals surface area (Å²) in [4.78, 5) is 4.28. The van der Waals surface area contributed by atoms with Crippen molar-refractivity contribution in [2.45, 2.75) is 51.7 Å². The second kappa shape index (κ2) is 5.85. The van der Waals surface area contributed by atoms with Gasteiger partial charge < -0.3 is 14.4 Å². The zero-order valence-electron chi connectivity index (χ0n) is 12.4. The van der Waals surface area contributed by atoms with Crippen LogP contribution in [-0.4, -0.2) is 15.2 Å². The Bertz CT molecular complexity index is 622. The molecule has 2 aromatic rings. The van der Waals surface area contributed by atoms with Gasteiger partial charge in [0.05, 0.1) is 6.10 Å². The Labute approximate surface area is 123 Å². The van der Waals surface area contributed by atoms with Gasteiger partial charge in [0, 0.05) is 5.92 Å². The van der Waals surface area contributed by atoms with Crippen LogP contribution < -0.4 is 4.74 Å². The van der Waals surface area contributed by atoms with Crippen LogP contribution in [0.2, 0.25) is 0 Å². The number of hydrogen-bond donors (Lipinski definition) is 1. The zero-order valence-corrected chi connectivity index (χ0v) is 12.4. The lowest BCUT2D eigenvalue weighted by Gasteiger charge is -2.21. The van der Waals surface area contributed by atoms with Crippen LogP contribution in [0.15, 0.2) is 22.7 Å². The highest BCUT2D eigenvalue weighted by molar-refractivity contribution is 5.38. The molecular weight excluding hydrogens is 268 g/mol. The highest BCUT2D eigenvalue weighted by Crippen LogP contribution is 2.32. The molecule has 0 unspecified atom stereocenters. The van der Waals surface area contributed by atoms with Crippen molar-refractivity contribution in [3.05, 3.63) is 41.0 Å². The summed E-state index contributed by atoms with van der Waals surface area (Å²) in [5.74, 6) is 2.10. The first-order valence-electron chi connectivity index (χ1n) is 7.39. The number of aromatic nitrogens is 2. The minimum Gasteiger partial charge on any atom is -0.485 e. The molecule has 1 aliphatic carbocycles. The van der Waals surface area contributed by atoms with Crippen molar-refractivity contribution >= 4 is 0 Å². The van der Waals surface area contributed by atoms with E-state index in [4.69, 9.17) is 9.26 Å². The fourth-order valence-corrected chi connectivity index (χ4v) is 2.55. The Morgan fingerprint density at radius 2 is 2.29 bits per heavy atom. The molecular formula is C16H20N2O3. The number of aryl methyl sites for hydroxylation is 1. The topological polar surface area (TPSA) is 68.4 Å². The smallest absolute Gasteiger partial charge is 0.229 e. The molecule has 1 atom stereocenters. The molecule has 0 amide bonds. The molecule has 0 fully saturated rings. The first-order valence-corrected chi connectivity index (χ1v) is 7.39. The fourth-order valence-electron chi connectivity index (χ4n) is 2.55. The molecule has 21 heavy (non-hydrogen) atoms. The van der Waals surface area contributed by atoms with Crippen LogP contribution in [-0.2, 0) is 13.0 Å². The molecule has 5 nitrogen and oxygen atoms in total. The molecule has 1 heterocycles. The molecule has 1 aliphatic rings. The number of aliphatic hydroxyl groups is 1. The lowest BCUT2D eigenvalue weighted by molar-refractivity contribution is 0.156. The normalized spacial score (nSPS) is 17.8. The molecule has 0 radical (unpaired) electrons. The van der Waals surface area contributed by atoms with Crippen LogP contribution in [0.4, 0.5) is 0 Å². The number of fused-ring (bicyclic) bond motifs is 1. The summed E-state index contributed by atoms with van der Waals surface area (Å²) in [6, 6.07) is 5.88. The quantitative estimate of drug-likeness (QED) is 0.936. The van der Waals surface area contributed by atoms with E-state index in [0.717, 1.165) is 30.6 Å². The van der Waals surface area contributed by atoms with Gasteiger partial charge in [-0.15, -0.1) is 0 Å². The van der Waals surface area contributed by atoms with Gasteiger partial charge in [-0.05, 0) is 42.5 Å². The van der Waals surface area contributed by atoms with Gasteiger partial charge >= 0.3 is 0 Å². The third-order valence-electron chi connectivity index (χ3n) is 3.75. The molecule has 3 rings (SSSR count). The van der Waals surface area contributed by atoms with E-state index >= 15 is 0 Å². The van der Waals surface area contributed by atoms with Crippen LogP contribution in [0, 0.1) is 0 Å². The van der Waals surface area contributed by atoms with Crippen LogP contribution in [0.5, 0.6) is 5.75 Å². The number of aliphatic hydroxyl groups excluding tert-OH is 1. The Hall–Kier alpha value is -1.88. The van der Waals surface area contributed by atoms with Gasteiger partial charge in [0.25, 0.3) is 0 Å². The van der Waals surface area contributed by atoms with Gasteiger partial charge in [-0.2, -0.15) is 4.98 Å². The Balaban J connectivity index is 1.69. The van der Waals surface area contributed by atoms with Crippen molar-refractivity contribution in [2.24, 2.45) is 0 Å².